The summed E-state index contributed by atoms with van der Waals surface area (Å²) in [4.78, 5) is 29.5. The average Bonchev–Trinajstić information content (AvgIpc) is 3.39. The van der Waals surface area contributed by atoms with Crippen LogP contribution in [0.25, 0.3) is 11.0 Å². The molecule has 0 radical (unpaired) electrons. The highest BCUT2D eigenvalue weighted by Gasteiger charge is 2.24. The van der Waals surface area contributed by atoms with E-state index in [0.29, 0.717) is 23.0 Å². The second-order valence-corrected chi connectivity index (χ2v) is 8.77. The van der Waals surface area contributed by atoms with Crippen LogP contribution < -0.4 is 21.1 Å². The SMILES string of the molecule is Cc1c(C#CCO)c(=O)n(C2CCCC2)c2nc(Nc3ccc(N4CCNCC4)cn3)ncc12. The van der Waals surface area contributed by atoms with Gasteiger partial charge in [-0.25, -0.2) is 9.97 Å². The summed E-state index contributed by atoms with van der Waals surface area (Å²) in [5, 5.41) is 16.5. The molecule has 5 rings (SSSR count). The summed E-state index contributed by atoms with van der Waals surface area (Å²) in [5.74, 6) is 6.52. The van der Waals surface area contributed by atoms with Gasteiger partial charge in [0.2, 0.25) is 5.95 Å². The Morgan fingerprint density at radius 1 is 1.18 bits per heavy atom. The lowest BCUT2D eigenvalue weighted by atomic mass is 10.1. The van der Waals surface area contributed by atoms with Gasteiger partial charge in [-0.05, 0) is 37.5 Å². The summed E-state index contributed by atoms with van der Waals surface area (Å²) in [7, 11) is 0. The standard InChI is InChI=1S/C25H29N7O2/c1-17-20(7-4-14-33)24(34)32(18-5-2-3-6-18)23-21(17)16-28-25(30-23)29-22-9-8-19(15-27-22)31-12-10-26-11-13-31/h8-9,15-16,18,26,33H,2-3,5-6,10-14H2,1H3,(H,27,28,29,30). The summed E-state index contributed by atoms with van der Waals surface area (Å²) < 4.78 is 1.78. The normalized spacial score (nSPS) is 16.5. The van der Waals surface area contributed by atoms with Crippen LogP contribution in [0.4, 0.5) is 17.5 Å². The highest BCUT2D eigenvalue weighted by atomic mass is 16.2. The molecule has 4 heterocycles. The number of aliphatic hydroxyl groups excluding tert-OH is 1. The zero-order chi connectivity index (χ0) is 23.5. The monoisotopic (exact) mass is 459 g/mol. The number of rotatable bonds is 4. The van der Waals surface area contributed by atoms with Crippen molar-refractivity contribution in [3.63, 3.8) is 0 Å². The van der Waals surface area contributed by atoms with Gasteiger partial charge in [0.1, 0.15) is 18.1 Å². The highest BCUT2D eigenvalue weighted by Crippen LogP contribution is 2.32. The first-order chi connectivity index (χ1) is 16.7. The number of anilines is 3. The van der Waals surface area contributed by atoms with Crippen LogP contribution >= 0.6 is 0 Å². The summed E-state index contributed by atoms with van der Waals surface area (Å²) in [5.41, 5.74) is 2.69. The Balaban J connectivity index is 1.51. The van der Waals surface area contributed by atoms with Crippen molar-refractivity contribution in [3.05, 3.63) is 46.0 Å². The Morgan fingerprint density at radius 3 is 2.68 bits per heavy atom. The fourth-order valence-electron chi connectivity index (χ4n) is 4.85. The van der Waals surface area contributed by atoms with Gasteiger partial charge in [0.15, 0.2) is 0 Å². The third kappa shape index (κ3) is 4.34. The molecule has 1 aliphatic heterocycles. The lowest BCUT2D eigenvalue weighted by molar-refractivity contribution is 0.350. The van der Waals surface area contributed by atoms with Crippen molar-refractivity contribution in [3.8, 4) is 11.8 Å². The van der Waals surface area contributed by atoms with Crippen LogP contribution in [0, 0.1) is 18.8 Å². The van der Waals surface area contributed by atoms with E-state index in [0.717, 1.165) is 68.5 Å². The van der Waals surface area contributed by atoms with Gasteiger partial charge >= 0.3 is 0 Å². The second kappa shape index (κ2) is 9.79. The molecule has 34 heavy (non-hydrogen) atoms. The van der Waals surface area contributed by atoms with Crippen LogP contribution in [0.5, 0.6) is 0 Å². The first-order valence-corrected chi connectivity index (χ1v) is 11.9. The molecule has 9 heteroatoms. The quantitative estimate of drug-likeness (QED) is 0.509. The summed E-state index contributed by atoms with van der Waals surface area (Å²) in [6, 6.07) is 4.06. The summed E-state index contributed by atoms with van der Waals surface area (Å²) >= 11 is 0. The maximum Gasteiger partial charge on any atom is 0.268 e. The molecule has 0 amide bonds. The van der Waals surface area contributed by atoms with Crippen molar-refractivity contribution in [2.24, 2.45) is 0 Å². The van der Waals surface area contributed by atoms with Gasteiger partial charge in [-0.3, -0.25) is 9.36 Å². The number of fused-ring (bicyclic) bond motifs is 1. The first kappa shape index (κ1) is 22.3. The minimum atomic E-state index is -0.292. The molecule has 0 unspecified atom stereocenters. The molecule has 3 aromatic rings. The molecule has 0 atom stereocenters. The first-order valence-electron chi connectivity index (χ1n) is 11.9. The predicted molar refractivity (Wildman–Crippen MR) is 133 cm³/mol. The largest absolute Gasteiger partial charge is 0.384 e. The molecule has 2 aliphatic rings. The van der Waals surface area contributed by atoms with Crippen LogP contribution in [-0.2, 0) is 0 Å². The molecular weight excluding hydrogens is 430 g/mol. The minimum absolute atomic E-state index is 0.0875. The fourth-order valence-corrected chi connectivity index (χ4v) is 4.85. The van der Waals surface area contributed by atoms with Crippen molar-refractivity contribution in [2.45, 2.75) is 38.6 Å². The van der Waals surface area contributed by atoms with Crippen molar-refractivity contribution in [1.82, 2.24) is 24.8 Å². The number of aliphatic hydroxyl groups is 1. The van der Waals surface area contributed by atoms with Crippen LogP contribution in [0.1, 0.15) is 42.9 Å². The molecular formula is C25H29N7O2. The van der Waals surface area contributed by atoms with Gasteiger partial charge in [-0.15, -0.1) is 0 Å². The maximum absolute atomic E-state index is 13.4. The Morgan fingerprint density at radius 2 is 1.97 bits per heavy atom. The van der Waals surface area contributed by atoms with E-state index in [2.05, 4.69) is 37.3 Å². The van der Waals surface area contributed by atoms with Crippen LogP contribution in [0.3, 0.4) is 0 Å². The van der Waals surface area contributed by atoms with Crippen LogP contribution in [0.2, 0.25) is 0 Å². The van der Waals surface area contributed by atoms with Crippen LogP contribution in [0.15, 0.2) is 29.3 Å². The molecule has 176 valence electrons. The van der Waals surface area contributed by atoms with E-state index < -0.39 is 0 Å². The van der Waals surface area contributed by atoms with Gasteiger partial charge in [0.25, 0.3) is 5.56 Å². The lowest BCUT2D eigenvalue weighted by Gasteiger charge is -2.29. The van der Waals surface area contributed by atoms with E-state index in [9.17, 15) is 4.79 Å². The number of aryl methyl sites for hydroxylation is 1. The Kier molecular flexibility index (Phi) is 6.43. The van der Waals surface area contributed by atoms with E-state index in [1.54, 1.807) is 10.8 Å². The smallest absolute Gasteiger partial charge is 0.268 e. The molecule has 1 saturated heterocycles. The van der Waals surface area contributed by atoms with Gasteiger partial charge in [-0.1, -0.05) is 24.7 Å². The van der Waals surface area contributed by atoms with E-state index in [-0.39, 0.29) is 18.2 Å². The molecule has 0 aromatic carbocycles. The molecule has 0 bridgehead atoms. The molecule has 3 aromatic heterocycles. The number of hydrogen-bond acceptors (Lipinski definition) is 8. The molecule has 1 saturated carbocycles. The Hall–Kier alpha value is -3.48. The van der Waals surface area contributed by atoms with Crippen molar-refractivity contribution < 1.29 is 5.11 Å². The molecule has 2 fully saturated rings. The summed E-state index contributed by atoms with van der Waals surface area (Å²) in [6.45, 7) is 5.44. The van der Waals surface area contributed by atoms with E-state index in [1.807, 2.05) is 25.3 Å². The third-order valence-corrected chi connectivity index (χ3v) is 6.66. The van der Waals surface area contributed by atoms with E-state index in [4.69, 9.17) is 10.1 Å². The number of pyridine rings is 2. The zero-order valence-electron chi connectivity index (χ0n) is 19.3. The van der Waals surface area contributed by atoms with Crippen LogP contribution in [-0.4, -0.2) is 57.4 Å². The van der Waals surface area contributed by atoms with Gasteiger partial charge in [0, 0.05) is 43.8 Å². The minimum Gasteiger partial charge on any atom is -0.384 e. The summed E-state index contributed by atoms with van der Waals surface area (Å²) in [6.07, 6.45) is 7.65. The number of piperazine rings is 1. The van der Waals surface area contributed by atoms with Crippen molar-refractivity contribution in [2.75, 3.05) is 43.0 Å². The van der Waals surface area contributed by atoms with E-state index in [1.165, 1.54) is 0 Å². The second-order valence-electron chi connectivity index (χ2n) is 8.77. The van der Waals surface area contributed by atoms with E-state index >= 15 is 0 Å². The molecule has 3 N–H and O–H groups in total. The molecule has 9 nitrogen and oxygen atoms in total. The van der Waals surface area contributed by atoms with Crippen molar-refractivity contribution >= 4 is 28.5 Å². The van der Waals surface area contributed by atoms with Gasteiger partial charge in [-0.2, -0.15) is 4.98 Å². The molecule has 1 aliphatic carbocycles. The number of aromatic nitrogens is 4. The Labute approximate surface area is 198 Å². The zero-order valence-corrected chi connectivity index (χ0v) is 19.3. The number of nitrogens with one attached hydrogen (secondary N) is 2. The third-order valence-electron chi connectivity index (χ3n) is 6.66. The highest BCUT2D eigenvalue weighted by molar-refractivity contribution is 5.82. The van der Waals surface area contributed by atoms with Crippen molar-refractivity contribution in [1.29, 1.82) is 0 Å². The molecule has 0 spiro atoms. The maximum atomic E-state index is 13.4. The number of hydrogen-bond donors (Lipinski definition) is 3. The average molecular weight is 460 g/mol. The van der Waals surface area contributed by atoms with Gasteiger partial charge in [0.05, 0.1) is 17.4 Å². The van der Waals surface area contributed by atoms with Gasteiger partial charge < -0.3 is 20.6 Å². The predicted octanol–water partition coefficient (Wildman–Crippen LogP) is 2.11. The Bertz CT molecular complexity index is 1300. The lowest BCUT2D eigenvalue weighted by Crippen LogP contribution is -2.43. The number of nitrogens with zero attached hydrogens (tertiary/aromatic N) is 5. The topological polar surface area (TPSA) is 108 Å². The fraction of sp³-hybridized carbons (Fsp3) is 0.440.